The molecule has 108 valence electrons. The van der Waals surface area contributed by atoms with Crippen molar-refractivity contribution >= 4 is 5.91 Å². The van der Waals surface area contributed by atoms with Crippen LogP contribution < -0.4 is 11.1 Å². The van der Waals surface area contributed by atoms with Crippen LogP contribution >= 0.6 is 0 Å². The van der Waals surface area contributed by atoms with E-state index in [1.165, 1.54) is 18.2 Å². The van der Waals surface area contributed by atoms with Crippen molar-refractivity contribution in [2.45, 2.75) is 39.2 Å². The Morgan fingerprint density at radius 1 is 1.45 bits per heavy atom. The fourth-order valence-electron chi connectivity index (χ4n) is 1.95. The van der Waals surface area contributed by atoms with Crippen LogP contribution in [0.3, 0.4) is 0 Å². The lowest BCUT2D eigenvalue weighted by atomic mass is 10.0. The van der Waals surface area contributed by atoms with Gasteiger partial charge in [-0.15, -0.1) is 0 Å². The number of hydrogen-bond donors (Lipinski definition) is 2. The van der Waals surface area contributed by atoms with Gasteiger partial charge in [-0.25, -0.2) is 4.39 Å². The van der Waals surface area contributed by atoms with Gasteiger partial charge in [0, 0.05) is 11.6 Å². The Labute approximate surface area is 119 Å². The topological polar surface area (TPSA) is 55.1 Å². The molecule has 1 unspecified atom stereocenters. The third-order valence-corrected chi connectivity index (χ3v) is 3.02. The highest BCUT2D eigenvalue weighted by Gasteiger charge is 2.14. The summed E-state index contributed by atoms with van der Waals surface area (Å²) in [6.07, 6.45) is 2.79. The van der Waals surface area contributed by atoms with E-state index in [0.29, 0.717) is 11.1 Å². The number of rotatable bonds is 5. The van der Waals surface area contributed by atoms with Crippen LogP contribution in [0.25, 0.3) is 0 Å². The molecule has 3 nitrogen and oxygen atoms in total. The van der Waals surface area contributed by atoms with Gasteiger partial charge in [0.15, 0.2) is 0 Å². The first-order valence-corrected chi connectivity index (χ1v) is 6.91. The molecular weight excluding hydrogens is 255 g/mol. The van der Waals surface area contributed by atoms with E-state index < -0.39 is 5.82 Å². The summed E-state index contributed by atoms with van der Waals surface area (Å²) in [5, 5.41) is 2.96. The van der Waals surface area contributed by atoms with Crippen LogP contribution in [0.4, 0.5) is 4.39 Å². The molecule has 1 aromatic rings. The molecule has 0 aliphatic rings. The van der Waals surface area contributed by atoms with Crippen LogP contribution in [0.15, 0.2) is 18.2 Å². The second-order valence-electron chi connectivity index (χ2n) is 4.56. The standard InChI is InChI=1S/C16H21FN2O/c1-3-6-14(4-2)19-16(20)15-9-8-13(17)11-12(15)7-5-10-18/h8-9,11,14H,3-4,6,10,18H2,1-2H3,(H,19,20). The van der Waals surface area contributed by atoms with Crippen molar-refractivity contribution in [3.8, 4) is 11.8 Å². The number of amides is 1. The second-order valence-corrected chi connectivity index (χ2v) is 4.56. The summed E-state index contributed by atoms with van der Waals surface area (Å²) in [6.45, 7) is 4.27. The smallest absolute Gasteiger partial charge is 0.252 e. The van der Waals surface area contributed by atoms with Crippen molar-refractivity contribution in [1.29, 1.82) is 0 Å². The van der Waals surface area contributed by atoms with Crippen LogP contribution in [0.5, 0.6) is 0 Å². The third kappa shape index (κ3) is 4.67. The van der Waals surface area contributed by atoms with Gasteiger partial charge in [0.25, 0.3) is 5.91 Å². The zero-order valence-electron chi connectivity index (χ0n) is 12.0. The molecule has 1 rings (SSSR count). The monoisotopic (exact) mass is 276 g/mol. The molecule has 0 saturated heterocycles. The van der Waals surface area contributed by atoms with Gasteiger partial charge in [-0.2, -0.15) is 0 Å². The number of benzene rings is 1. The molecule has 20 heavy (non-hydrogen) atoms. The molecule has 0 heterocycles. The maximum atomic E-state index is 13.3. The molecule has 1 aromatic carbocycles. The van der Waals surface area contributed by atoms with Gasteiger partial charge < -0.3 is 11.1 Å². The van der Waals surface area contributed by atoms with E-state index in [9.17, 15) is 9.18 Å². The van der Waals surface area contributed by atoms with Crippen LogP contribution in [0, 0.1) is 17.7 Å². The molecule has 0 bridgehead atoms. The zero-order chi connectivity index (χ0) is 15.0. The summed E-state index contributed by atoms with van der Waals surface area (Å²) >= 11 is 0. The van der Waals surface area contributed by atoms with E-state index in [1.54, 1.807) is 0 Å². The maximum Gasteiger partial charge on any atom is 0.252 e. The summed E-state index contributed by atoms with van der Waals surface area (Å²) in [6, 6.07) is 4.12. The quantitative estimate of drug-likeness (QED) is 0.812. The van der Waals surface area contributed by atoms with Crippen molar-refractivity contribution in [1.82, 2.24) is 5.32 Å². The van der Waals surface area contributed by atoms with E-state index in [0.717, 1.165) is 19.3 Å². The van der Waals surface area contributed by atoms with Crippen molar-refractivity contribution in [2.75, 3.05) is 6.54 Å². The summed E-state index contributed by atoms with van der Waals surface area (Å²) in [7, 11) is 0. The molecule has 0 radical (unpaired) electrons. The lowest BCUT2D eigenvalue weighted by molar-refractivity contribution is 0.0933. The van der Waals surface area contributed by atoms with Gasteiger partial charge >= 0.3 is 0 Å². The second kappa shape index (κ2) is 8.34. The third-order valence-electron chi connectivity index (χ3n) is 3.02. The molecule has 1 amide bonds. The Kier molecular flexibility index (Phi) is 6.75. The highest BCUT2D eigenvalue weighted by Crippen LogP contribution is 2.12. The molecule has 0 aliphatic carbocycles. The van der Waals surface area contributed by atoms with E-state index in [2.05, 4.69) is 24.1 Å². The lowest BCUT2D eigenvalue weighted by Gasteiger charge is -2.16. The predicted molar refractivity (Wildman–Crippen MR) is 78.8 cm³/mol. The van der Waals surface area contributed by atoms with Crippen molar-refractivity contribution < 1.29 is 9.18 Å². The fraction of sp³-hybridized carbons (Fsp3) is 0.438. The van der Waals surface area contributed by atoms with Crippen LogP contribution in [0.2, 0.25) is 0 Å². The van der Waals surface area contributed by atoms with Gasteiger partial charge in [0.05, 0.1) is 12.1 Å². The summed E-state index contributed by atoms with van der Waals surface area (Å²) in [5.74, 6) is 4.76. The minimum Gasteiger partial charge on any atom is -0.349 e. The summed E-state index contributed by atoms with van der Waals surface area (Å²) < 4.78 is 13.3. The highest BCUT2D eigenvalue weighted by molar-refractivity contribution is 5.96. The first-order valence-electron chi connectivity index (χ1n) is 6.91. The molecule has 3 N–H and O–H groups in total. The Morgan fingerprint density at radius 2 is 2.20 bits per heavy atom. The molecule has 0 spiro atoms. The van der Waals surface area contributed by atoms with Gasteiger partial charge in [-0.05, 0) is 31.0 Å². The number of nitrogens with one attached hydrogen (secondary N) is 1. The number of carbonyl (C=O) groups is 1. The average Bonchev–Trinajstić information content (AvgIpc) is 2.44. The Morgan fingerprint density at radius 3 is 2.80 bits per heavy atom. The number of nitrogens with two attached hydrogens (primary N) is 1. The molecule has 0 saturated carbocycles. The van der Waals surface area contributed by atoms with E-state index >= 15 is 0 Å². The van der Waals surface area contributed by atoms with E-state index in [1.807, 2.05) is 6.92 Å². The normalized spacial score (nSPS) is 11.4. The average molecular weight is 276 g/mol. The molecule has 0 aliphatic heterocycles. The first-order chi connectivity index (χ1) is 9.62. The Balaban J connectivity index is 2.97. The molecular formula is C16H21FN2O. The molecule has 0 aromatic heterocycles. The van der Waals surface area contributed by atoms with Crippen LogP contribution in [-0.2, 0) is 0 Å². The van der Waals surface area contributed by atoms with Gasteiger partial charge in [0.1, 0.15) is 5.82 Å². The minimum atomic E-state index is -0.413. The predicted octanol–water partition coefficient (Wildman–Crippen LogP) is 2.44. The fourth-order valence-corrected chi connectivity index (χ4v) is 1.95. The van der Waals surface area contributed by atoms with Gasteiger partial charge in [-0.1, -0.05) is 32.1 Å². The Bertz CT molecular complexity index is 517. The van der Waals surface area contributed by atoms with Crippen molar-refractivity contribution in [3.63, 3.8) is 0 Å². The summed E-state index contributed by atoms with van der Waals surface area (Å²) in [5.41, 5.74) is 6.08. The van der Waals surface area contributed by atoms with Crippen molar-refractivity contribution in [3.05, 3.63) is 35.1 Å². The van der Waals surface area contributed by atoms with Crippen molar-refractivity contribution in [2.24, 2.45) is 5.73 Å². The lowest BCUT2D eigenvalue weighted by Crippen LogP contribution is -2.34. The molecule has 1 atom stereocenters. The summed E-state index contributed by atoms with van der Waals surface area (Å²) in [4.78, 5) is 12.3. The zero-order valence-corrected chi connectivity index (χ0v) is 12.0. The maximum absolute atomic E-state index is 13.3. The Hall–Kier alpha value is -1.86. The largest absolute Gasteiger partial charge is 0.349 e. The van der Waals surface area contributed by atoms with Gasteiger partial charge in [-0.3, -0.25) is 4.79 Å². The van der Waals surface area contributed by atoms with Gasteiger partial charge in [0.2, 0.25) is 0 Å². The number of halogens is 1. The molecule has 4 heteroatoms. The van der Waals surface area contributed by atoms with E-state index in [-0.39, 0.29) is 18.5 Å². The first kappa shape index (κ1) is 16.2. The minimum absolute atomic E-state index is 0.132. The highest BCUT2D eigenvalue weighted by atomic mass is 19.1. The SMILES string of the molecule is CCCC(CC)NC(=O)c1ccc(F)cc1C#CCN. The van der Waals surface area contributed by atoms with Crippen LogP contribution in [-0.4, -0.2) is 18.5 Å². The van der Waals surface area contributed by atoms with Crippen LogP contribution in [0.1, 0.15) is 49.0 Å². The number of hydrogen-bond acceptors (Lipinski definition) is 2. The molecule has 0 fully saturated rings. The van der Waals surface area contributed by atoms with E-state index in [4.69, 9.17) is 5.73 Å². The number of carbonyl (C=O) groups excluding carboxylic acids is 1.